The lowest BCUT2D eigenvalue weighted by molar-refractivity contribution is 0.197. The van der Waals surface area contributed by atoms with Crippen LogP contribution in [0.2, 0.25) is 0 Å². The number of hydrogen-bond donors (Lipinski definition) is 3. The molecule has 1 rings (SSSR count). The Morgan fingerprint density at radius 1 is 1.59 bits per heavy atom. The van der Waals surface area contributed by atoms with E-state index in [-0.39, 0.29) is 0 Å². The molecule has 0 spiro atoms. The first kappa shape index (κ1) is 13.5. The molecule has 4 N–H and O–H groups in total. The second-order valence-corrected chi connectivity index (χ2v) is 3.42. The van der Waals surface area contributed by atoms with E-state index in [0.29, 0.717) is 19.1 Å². The third-order valence-corrected chi connectivity index (χ3v) is 2.11. The highest BCUT2D eigenvalue weighted by Crippen LogP contribution is 1.84. The number of guanidine groups is 1. The van der Waals surface area contributed by atoms with Gasteiger partial charge in [-0.25, -0.2) is 5.84 Å². The molecule has 0 saturated heterocycles. The first-order valence-electron chi connectivity index (χ1n) is 5.58. The Balaban J connectivity index is 2.17. The maximum atomic E-state index is 5.35. The normalized spacial score (nSPS) is 11.5. The first-order valence-corrected chi connectivity index (χ1v) is 5.58. The van der Waals surface area contributed by atoms with Gasteiger partial charge < -0.3 is 10.1 Å². The van der Waals surface area contributed by atoms with Crippen molar-refractivity contribution in [1.82, 2.24) is 20.5 Å². The topological polar surface area (TPSA) is 89.5 Å². The Morgan fingerprint density at radius 2 is 2.47 bits per heavy atom. The number of nitrogens with zero attached hydrogens (tertiary/aromatic N) is 3. The molecular weight excluding hydrogens is 220 g/mol. The Bertz CT molecular complexity index is 311. The van der Waals surface area contributed by atoms with Crippen LogP contribution in [0.15, 0.2) is 23.5 Å². The molecule has 0 unspecified atom stereocenters. The third-order valence-electron chi connectivity index (χ3n) is 2.11. The number of aliphatic imine (C=N–C) groups is 1. The van der Waals surface area contributed by atoms with Crippen LogP contribution in [0.3, 0.4) is 0 Å². The summed E-state index contributed by atoms with van der Waals surface area (Å²) in [6.07, 6.45) is 4.54. The van der Waals surface area contributed by atoms with Gasteiger partial charge in [0.2, 0.25) is 5.96 Å². The Hall–Kier alpha value is -1.60. The zero-order valence-corrected chi connectivity index (χ0v) is 10.1. The average Bonchev–Trinajstić information content (AvgIpc) is 2.85. The van der Waals surface area contributed by atoms with Crippen LogP contribution in [0.4, 0.5) is 0 Å². The summed E-state index contributed by atoms with van der Waals surface area (Å²) >= 11 is 0. The number of methoxy groups -OCH3 is 1. The van der Waals surface area contributed by atoms with Crippen molar-refractivity contribution in [1.29, 1.82) is 0 Å². The largest absolute Gasteiger partial charge is 0.385 e. The molecule has 0 aliphatic heterocycles. The number of hydrogen-bond acceptors (Lipinski definition) is 4. The molecule has 0 radical (unpaired) electrons. The zero-order chi connectivity index (χ0) is 12.3. The average molecular weight is 240 g/mol. The van der Waals surface area contributed by atoms with Crippen molar-refractivity contribution in [2.24, 2.45) is 10.8 Å². The predicted molar refractivity (Wildman–Crippen MR) is 66.3 cm³/mol. The second kappa shape index (κ2) is 8.54. The van der Waals surface area contributed by atoms with Crippen LogP contribution in [-0.4, -0.2) is 42.5 Å². The zero-order valence-electron chi connectivity index (χ0n) is 10.1. The third kappa shape index (κ3) is 5.88. The minimum atomic E-state index is 0.591. The SMILES string of the molecule is COCCCN=C(NN)NCCn1cccn1. The molecule has 0 atom stereocenters. The van der Waals surface area contributed by atoms with Crippen LogP contribution in [-0.2, 0) is 11.3 Å². The molecule has 0 aliphatic rings. The molecule has 0 saturated carbocycles. The van der Waals surface area contributed by atoms with E-state index in [2.05, 4.69) is 20.8 Å². The maximum Gasteiger partial charge on any atom is 0.205 e. The van der Waals surface area contributed by atoms with Crippen molar-refractivity contribution in [3.05, 3.63) is 18.5 Å². The number of rotatable bonds is 7. The number of aromatic nitrogens is 2. The maximum absolute atomic E-state index is 5.35. The highest BCUT2D eigenvalue weighted by Gasteiger charge is 1.95. The van der Waals surface area contributed by atoms with Crippen molar-refractivity contribution in [3.8, 4) is 0 Å². The summed E-state index contributed by atoms with van der Waals surface area (Å²) in [4.78, 5) is 4.26. The molecule has 1 heterocycles. The van der Waals surface area contributed by atoms with E-state index in [1.807, 2.05) is 16.9 Å². The standard InChI is InChI=1S/C10H20N6O/c1-17-9-3-4-12-10(15-11)13-6-8-16-7-2-5-14-16/h2,5,7H,3-4,6,8-9,11H2,1H3,(H2,12,13,15). The van der Waals surface area contributed by atoms with Gasteiger partial charge in [0.1, 0.15) is 0 Å². The van der Waals surface area contributed by atoms with Crippen molar-refractivity contribution < 1.29 is 4.74 Å². The lowest BCUT2D eigenvalue weighted by Crippen LogP contribution is -2.42. The molecule has 1 aromatic rings. The molecule has 0 aliphatic carbocycles. The minimum absolute atomic E-state index is 0.591. The second-order valence-electron chi connectivity index (χ2n) is 3.42. The van der Waals surface area contributed by atoms with Crippen LogP contribution in [0, 0.1) is 0 Å². The van der Waals surface area contributed by atoms with Gasteiger partial charge in [-0.3, -0.25) is 15.1 Å². The number of ether oxygens (including phenoxy) is 1. The van der Waals surface area contributed by atoms with E-state index >= 15 is 0 Å². The van der Waals surface area contributed by atoms with Crippen molar-refractivity contribution in [2.75, 3.05) is 26.8 Å². The van der Waals surface area contributed by atoms with Gasteiger partial charge in [0, 0.05) is 39.2 Å². The van der Waals surface area contributed by atoms with Crippen molar-refractivity contribution in [3.63, 3.8) is 0 Å². The molecule has 7 nitrogen and oxygen atoms in total. The molecule has 0 aromatic carbocycles. The van der Waals surface area contributed by atoms with E-state index in [4.69, 9.17) is 10.6 Å². The van der Waals surface area contributed by atoms with E-state index in [1.54, 1.807) is 13.3 Å². The fourth-order valence-electron chi connectivity index (χ4n) is 1.27. The van der Waals surface area contributed by atoms with Gasteiger partial charge in [-0.2, -0.15) is 5.10 Å². The smallest absolute Gasteiger partial charge is 0.205 e. The molecule has 96 valence electrons. The van der Waals surface area contributed by atoms with Crippen molar-refractivity contribution >= 4 is 5.96 Å². The summed E-state index contributed by atoms with van der Waals surface area (Å²) in [7, 11) is 1.67. The van der Waals surface area contributed by atoms with Crippen LogP contribution in [0.5, 0.6) is 0 Å². The number of nitrogens with one attached hydrogen (secondary N) is 2. The van der Waals surface area contributed by atoms with Gasteiger partial charge in [0.15, 0.2) is 0 Å². The summed E-state index contributed by atoms with van der Waals surface area (Å²) < 4.78 is 6.77. The highest BCUT2D eigenvalue weighted by atomic mass is 16.5. The van der Waals surface area contributed by atoms with E-state index in [1.165, 1.54) is 0 Å². The molecule has 1 aromatic heterocycles. The van der Waals surface area contributed by atoms with Crippen LogP contribution >= 0.6 is 0 Å². The van der Waals surface area contributed by atoms with Gasteiger partial charge in [0.05, 0.1) is 6.54 Å². The van der Waals surface area contributed by atoms with E-state index in [0.717, 1.165) is 19.5 Å². The minimum Gasteiger partial charge on any atom is -0.385 e. The lowest BCUT2D eigenvalue weighted by Gasteiger charge is -2.09. The van der Waals surface area contributed by atoms with Crippen LogP contribution < -0.4 is 16.6 Å². The summed E-state index contributed by atoms with van der Waals surface area (Å²) in [5.74, 6) is 5.94. The molecular formula is C10H20N6O. The van der Waals surface area contributed by atoms with Gasteiger partial charge >= 0.3 is 0 Å². The molecule has 17 heavy (non-hydrogen) atoms. The van der Waals surface area contributed by atoms with E-state index in [9.17, 15) is 0 Å². The Labute approximate surface area is 101 Å². The van der Waals surface area contributed by atoms with Crippen LogP contribution in [0.25, 0.3) is 0 Å². The summed E-state index contributed by atoms with van der Waals surface area (Å²) in [5.41, 5.74) is 2.53. The summed E-state index contributed by atoms with van der Waals surface area (Å²) in [6.45, 7) is 2.87. The first-order chi connectivity index (χ1) is 8.36. The summed E-state index contributed by atoms with van der Waals surface area (Å²) in [6, 6.07) is 1.89. The van der Waals surface area contributed by atoms with Crippen molar-refractivity contribution in [2.45, 2.75) is 13.0 Å². The van der Waals surface area contributed by atoms with Gasteiger partial charge in [0.25, 0.3) is 0 Å². The van der Waals surface area contributed by atoms with E-state index < -0.39 is 0 Å². The molecule has 0 fully saturated rings. The molecule has 7 heteroatoms. The fourth-order valence-corrected chi connectivity index (χ4v) is 1.27. The van der Waals surface area contributed by atoms with Gasteiger partial charge in [-0.15, -0.1) is 0 Å². The van der Waals surface area contributed by atoms with Gasteiger partial charge in [-0.05, 0) is 12.5 Å². The Morgan fingerprint density at radius 3 is 3.12 bits per heavy atom. The number of nitrogens with two attached hydrogens (primary N) is 1. The quantitative estimate of drug-likeness (QED) is 0.193. The molecule has 0 bridgehead atoms. The number of hydrazine groups is 1. The summed E-state index contributed by atoms with van der Waals surface area (Å²) in [5, 5.41) is 7.19. The monoisotopic (exact) mass is 240 g/mol. The Kier molecular flexibility index (Phi) is 6.76. The van der Waals surface area contributed by atoms with Crippen LogP contribution in [0.1, 0.15) is 6.42 Å². The van der Waals surface area contributed by atoms with Gasteiger partial charge in [-0.1, -0.05) is 0 Å². The lowest BCUT2D eigenvalue weighted by atomic mass is 10.5. The highest BCUT2D eigenvalue weighted by molar-refractivity contribution is 5.79. The molecule has 0 amide bonds. The predicted octanol–water partition coefficient (Wildman–Crippen LogP) is -0.671. The fraction of sp³-hybridized carbons (Fsp3) is 0.600.